The molecule has 0 saturated carbocycles. The van der Waals surface area contributed by atoms with Crippen LogP contribution in [-0.4, -0.2) is 23.7 Å². The molecule has 3 aliphatic rings. The molecule has 1 aromatic heterocycles. The Balaban J connectivity index is 1.85. The van der Waals surface area contributed by atoms with E-state index in [1.54, 1.807) is 0 Å². The van der Waals surface area contributed by atoms with Gasteiger partial charge >= 0.3 is 0 Å². The number of carbonyl (C=O) groups excluding carboxylic acids is 1. The van der Waals surface area contributed by atoms with Gasteiger partial charge in [-0.2, -0.15) is 0 Å². The van der Waals surface area contributed by atoms with Gasteiger partial charge in [0.2, 0.25) is 6.41 Å². The molecule has 21 heavy (non-hydrogen) atoms. The number of amides is 1. The van der Waals surface area contributed by atoms with Gasteiger partial charge in [-0.25, -0.2) is 0 Å². The van der Waals surface area contributed by atoms with Gasteiger partial charge in [-0.05, 0) is 37.0 Å². The van der Waals surface area contributed by atoms with Gasteiger partial charge in [-0.15, -0.1) is 0 Å². The fraction of sp³-hybridized carbons (Fsp3) is 0.294. The third kappa shape index (κ3) is 1.90. The van der Waals surface area contributed by atoms with E-state index in [0.29, 0.717) is 6.54 Å². The quantitative estimate of drug-likeness (QED) is 0.848. The molecule has 0 bridgehead atoms. The number of allylic oxidation sites excluding steroid dienone is 5. The summed E-state index contributed by atoms with van der Waals surface area (Å²) in [6, 6.07) is 2.22. The standard InChI is InChI=1S/C17H17N3O/c21-11-18-9-13-4-2-6-15-16(13)19-10-14-5-1-3-12-7-8-20(15)17(12)14/h2,5-8,10-11,13H,1,3-4,9H2,(H,18,21). The number of aromatic nitrogens is 1. The van der Waals surface area contributed by atoms with Gasteiger partial charge in [0.1, 0.15) is 0 Å². The van der Waals surface area contributed by atoms with Crippen molar-refractivity contribution in [2.45, 2.75) is 19.3 Å². The summed E-state index contributed by atoms with van der Waals surface area (Å²) in [6.07, 6.45) is 14.6. The molecule has 4 rings (SSSR count). The molecule has 1 aliphatic heterocycles. The number of hydrogen-bond acceptors (Lipinski definition) is 2. The van der Waals surface area contributed by atoms with Crippen molar-refractivity contribution in [3.8, 4) is 0 Å². The lowest BCUT2D eigenvalue weighted by molar-refractivity contribution is -0.109. The van der Waals surface area contributed by atoms with Crippen LogP contribution in [0.15, 0.2) is 41.2 Å². The lowest BCUT2D eigenvalue weighted by Gasteiger charge is -2.22. The summed E-state index contributed by atoms with van der Waals surface area (Å²) in [6.45, 7) is 0.631. The molecule has 2 aliphatic carbocycles. The molecule has 0 spiro atoms. The van der Waals surface area contributed by atoms with Crippen molar-refractivity contribution in [2.75, 3.05) is 6.54 Å². The second-order valence-electron chi connectivity index (χ2n) is 5.65. The highest BCUT2D eigenvalue weighted by molar-refractivity contribution is 6.12. The highest BCUT2D eigenvalue weighted by atomic mass is 16.1. The first-order valence-electron chi connectivity index (χ1n) is 7.41. The van der Waals surface area contributed by atoms with E-state index in [9.17, 15) is 4.79 Å². The van der Waals surface area contributed by atoms with Crippen LogP contribution in [0.5, 0.6) is 0 Å². The van der Waals surface area contributed by atoms with Gasteiger partial charge in [0.25, 0.3) is 0 Å². The van der Waals surface area contributed by atoms with Gasteiger partial charge in [0, 0.05) is 30.4 Å². The minimum atomic E-state index is 0.241. The van der Waals surface area contributed by atoms with Crippen molar-refractivity contribution in [3.05, 3.63) is 47.4 Å². The molecule has 1 aromatic rings. The zero-order valence-corrected chi connectivity index (χ0v) is 11.7. The van der Waals surface area contributed by atoms with Crippen molar-refractivity contribution in [1.29, 1.82) is 0 Å². The number of rotatable bonds is 3. The van der Waals surface area contributed by atoms with Gasteiger partial charge < -0.3 is 9.88 Å². The second kappa shape index (κ2) is 4.88. The Bertz CT molecular complexity index is 718. The van der Waals surface area contributed by atoms with Crippen LogP contribution in [0.3, 0.4) is 0 Å². The predicted octanol–water partition coefficient (Wildman–Crippen LogP) is 2.39. The largest absolute Gasteiger partial charge is 0.358 e. The average molecular weight is 279 g/mol. The van der Waals surface area contributed by atoms with Crippen LogP contribution >= 0.6 is 0 Å². The van der Waals surface area contributed by atoms with Crippen LogP contribution in [0.1, 0.15) is 24.1 Å². The molecule has 4 heteroatoms. The Hall–Kier alpha value is -2.36. The molecule has 4 nitrogen and oxygen atoms in total. The number of nitrogens with zero attached hydrogens (tertiary/aromatic N) is 2. The van der Waals surface area contributed by atoms with Gasteiger partial charge in [-0.1, -0.05) is 12.2 Å². The van der Waals surface area contributed by atoms with Crippen LogP contribution in [0.25, 0.3) is 11.3 Å². The van der Waals surface area contributed by atoms with Crippen LogP contribution in [0.4, 0.5) is 0 Å². The molecule has 0 saturated heterocycles. The third-order valence-electron chi connectivity index (χ3n) is 4.42. The maximum Gasteiger partial charge on any atom is 0.207 e. The summed E-state index contributed by atoms with van der Waals surface area (Å²) in [4.78, 5) is 15.3. The zero-order valence-electron chi connectivity index (χ0n) is 11.7. The monoisotopic (exact) mass is 279 g/mol. The number of nitrogens with one attached hydrogen (secondary N) is 1. The highest BCUT2D eigenvalue weighted by Gasteiger charge is 2.26. The van der Waals surface area contributed by atoms with Crippen molar-refractivity contribution in [2.24, 2.45) is 10.9 Å². The van der Waals surface area contributed by atoms with E-state index in [0.717, 1.165) is 37.1 Å². The van der Waals surface area contributed by atoms with Gasteiger partial charge in [-0.3, -0.25) is 9.79 Å². The van der Waals surface area contributed by atoms with Crippen molar-refractivity contribution in [3.63, 3.8) is 0 Å². The smallest absolute Gasteiger partial charge is 0.207 e. The van der Waals surface area contributed by atoms with Crippen molar-refractivity contribution >= 4 is 23.9 Å². The fourth-order valence-corrected chi connectivity index (χ4v) is 3.43. The summed E-state index contributed by atoms with van der Waals surface area (Å²) in [5, 5.41) is 2.79. The molecular weight excluding hydrogens is 262 g/mol. The Labute approximate surface area is 123 Å². The molecule has 1 unspecified atom stereocenters. The zero-order chi connectivity index (χ0) is 14.2. The summed E-state index contributed by atoms with van der Waals surface area (Å²) in [5.41, 5.74) is 6.10. The van der Waals surface area contributed by atoms with Gasteiger partial charge in [0.05, 0.1) is 17.1 Å². The normalized spacial score (nSPS) is 22.3. The lowest BCUT2D eigenvalue weighted by Crippen LogP contribution is -2.24. The molecule has 0 radical (unpaired) electrons. The molecular formula is C17H17N3O. The van der Waals surface area contributed by atoms with Crippen LogP contribution < -0.4 is 5.32 Å². The number of aryl methyl sites for hydroxylation is 1. The Morgan fingerprint density at radius 3 is 3.33 bits per heavy atom. The van der Waals surface area contributed by atoms with Gasteiger partial charge in [0.15, 0.2) is 0 Å². The Morgan fingerprint density at radius 1 is 1.48 bits per heavy atom. The van der Waals surface area contributed by atoms with Crippen LogP contribution in [0, 0.1) is 5.92 Å². The predicted molar refractivity (Wildman–Crippen MR) is 83.8 cm³/mol. The average Bonchev–Trinajstić information content (AvgIpc) is 2.87. The summed E-state index contributed by atoms with van der Waals surface area (Å²) in [5.74, 6) is 0.241. The fourth-order valence-electron chi connectivity index (χ4n) is 3.43. The number of hydrogen-bond donors (Lipinski definition) is 1. The summed E-state index contributed by atoms with van der Waals surface area (Å²) in [7, 11) is 0. The molecule has 0 fully saturated rings. The maximum absolute atomic E-state index is 10.6. The maximum atomic E-state index is 10.6. The van der Waals surface area contributed by atoms with Crippen molar-refractivity contribution in [1.82, 2.24) is 9.88 Å². The van der Waals surface area contributed by atoms with E-state index >= 15 is 0 Å². The molecule has 1 amide bonds. The number of aliphatic imine (C=N–C) groups is 1. The first-order valence-corrected chi connectivity index (χ1v) is 7.41. The summed E-state index contributed by atoms with van der Waals surface area (Å²) < 4.78 is 2.26. The van der Waals surface area contributed by atoms with E-state index in [-0.39, 0.29) is 5.92 Å². The molecule has 0 aromatic carbocycles. The first-order chi connectivity index (χ1) is 10.4. The molecule has 1 atom stereocenters. The summed E-state index contributed by atoms with van der Waals surface area (Å²) >= 11 is 0. The minimum absolute atomic E-state index is 0.241. The first kappa shape index (κ1) is 12.4. The second-order valence-corrected chi connectivity index (χ2v) is 5.65. The van der Waals surface area contributed by atoms with E-state index in [4.69, 9.17) is 4.99 Å². The lowest BCUT2D eigenvalue weighted by atomic mass is 9.95. The third-order valence-corrected chi connectivity index (χ3v) is 4.42. The van der Waals surface area contributed by atoms with Crippen LogP contribution in [0.2, 0.25) is 0 Å². The molecule has 1 N–H and O–H groups in total. The molecule has 106 valence electrons. The number of carbonyl (C=O) groups is 1. The van der Waals surface area contributed by atoms with Crippen LogP contribution in [-0.2, 0) is 11.2 Å². The van der Waals surface area contributed by atoms with Crippen molar-refractivity contribution < 1.29 is 4.79 Å². The minimum Gasteiger partial charge on any atom is -0.358 e. The topological polar surface area (TPSA) is 46.4 Å². The molecule has 2 heterocycles. The van der Waals surface area contributed by atoms with E-state index < -0.39 is 0 Å². The highest BCUT2D eigenvalue weighted by Crippen LogP contribution is 2.37. The van der Waals surface area contributed by atoms with E-state index in [2.05, 4.69) is 40.4 Å². The van der Waals surface area contributed by atoms with E-state index in [1.165, 1.54) is 16.8 Å². The Morgan fingerprint density at radius 2 is 2.43 bits per heavy atom. The van der Waals surface area contributed by atoms with E-state index in [1.807, 2.05) is 6.21 Å². The SMILES string of the molecule is O=CNCC1CC=CC2=C1N=CC1=CCCc3ccn2c31. The number of fused-ring (bicyclic) bond motifs is 1. The Kier molecular flexibility index (Phi) is 2.88.